The highest BCUT2D eigenvalue weighted by atomic mass is 16.5. The summed E-state index contributed by atoms with van der Waals surface area (Å²) in [5.41, 5.74) is 3.79. The van der Waals surface area contributed by atoms with Gasteiger partial charge in [0.15, 0.2) is 0 Å². The molecular weight excluding hydrogens is 452 g/mol. The summed E-state index contributed by atoms with van der Waals surface area (Å²) in [7, 11) is 1.70. The Morgan fingerprint density at radius 2 is 2.00 bits per heavy atom. The van der Waals surface area contributed by atoms with E-state index in [1.54, 1.807) is 7.11 Å². The number of aromatic nitrogens is 1. The zero-order chi connectivity index (χ0) is 25.3. The summed E-state index contributed by atoms with van der Waals surface area (Å²) in [5.74, 6) is 1.74. The lowest BCUT2D eigenvalue weighted by Crippen LogP contribution is -2.52. The Bertz CT molecular complexity index is 1250. The molecule has 1 aromatic heterocycles. The summed E-state index contributed by atoms with van der Waals surface area (Å²) < 4.78 is 10.9. The van der Waals surface area contributed by atoms with E-state index >= 15 is 0 Å². The first-order chi connectivity index (χ1) is 17.5. The van der Waals surface area contributed by atoms with Crippen LogP contribution in [0.1, 0.15) is 43.1 Å². The van der Waals surface area contributed by atoms with Crippen molar-refractivity contribution in [2.75, 3.05) is 40.0 Å². The van der Waals surface area contributed by atoms with Gasteiger partial charge in [0.05, 0.1) is 19.3 Å². The lowest BCUT2D eigenvalue weighted by atomic mass is 9.81. The summed E-state index contributed by atoms with van der Waals surface area (Å²) in [4.78, 5) is 21.8. The molecule has 190 valence electrons. The number of hydrogen-bond acceptors (Lipinski definition) is 5. The Hall–Kier alpha value is -3.29. The molecule has 1 saturated heterocycles. The summed E-state index contributed by atoms with van der Waals surface area (Å²) in [6.07, 6.45) is 1.46. The van der Waals surface area contributed by atoms with Crippen molar-refractivity contribution in [1.29, 1.82) is 0 Å². The lowest BCUT2D eigenvalue weighted by Gasteiger charge is -2.44. The van der Waals surface area contributed by atoms with E-state index in [0.717, 1.165) is 53.2 Å². The van der Waals surface area contributed by atoms with Crippen LogP contribution in [-0.4, -0.2) is 66.2 Å². The molecule has 0 aliphatic carbocycles. The molecule has 0 spiro atoms. The fraction of sp³-hybridized carbons (Fsp3) is 0.414. The molecule has 3 heterocycles. The van der Waals surface area contributed by atoms with Gasteiger partial charge in [0.2, 0.25) is 0 Å². The zero-order valence-corrected chi connectivity index (χ0v) is 21.5. The molecule has 2 aliphatic rings. The summed E-state index contributed by atoms with van der Waals surface area (Å²) in [5, 5.41) is 4.49. The molecule has 2 N–H and O–H groups in total. The van der Waals surface area contributed by atoms with Crippen molar-refractivity contribution in [1.82, 2.24) is 20.1 Å². The molecular formula is C29H36N4O3. The van der Waals surface area contributed by atoms with E-state index in [-0.39, 0.29) is 11.9 Å². The summed E-state index contributed by atoms with van der Waals surface area (Å²) >= 11 is 0. The number of benzene rings is 2. The van der Waals surface area contributed by atoms with Gasteiger partial charge in [0, 0.05) is 43.2 Å². The fourth-order valence-electron chi connectivity index (χ4n) is 5.76. The number of carbonyl (C=O) groups is 1. The monoisotopic (exact) mass is 488 g/mol. The average molecular weight is 489 g/mol. The Morgan fingerprint density at radius 1 is 1.19 bits per heavy atom. The number of amides is 1. The van der Waals surface area contributed by atoms with Crippen LogP contribution in [0.15, 0.2) is 60.9 Å². The van der Waals surface area contributed by atoms with Crippen molar-refractivity contribution >= 4 is 16.8 Å². The topological polar surface area (TPSA) is 69.8 Å². The highest BCUT2D eigenvalue weighted by Gasteiger charge is 2.57. The van der Waals surface area contributed by atoms with Crippen molar-refractivity contribution in [2.24, 2.45) is 0 Å². The second-order valence-corrected chi connectivity index (χ2v) is 9.76. The predicted molar refractivity (Wildman–Crippen MR) is 142 cm³/mol. The SMILES string of the molecule is C=C1N(CCCNCCOC)C(=O)[C@]2(C)Cc3c([nH]c4ccc(OCC)cc34)[C@@H](c3ccccc3)N12. The van der Waals surface area contributed by atoms with Gasteiger partial charge < -0.3 is 24.7 Å². The van der Waals surface area contributed by atoms with Gasteiger partial charge in [-0.05, 0) is 56.1 Å². The third kappa shape index (κ3) is 4.06. The number of rotatable bonds is 10. The maximum atomic E-state index is 14.0. The van der Waals surface area contributed by atoms with Gasteiger partial charge in [-0.25, -0.2) is 0 Å². The lowest BCUT2D eigenvalue weighted by molar-refractivity contribution is -0.133. The molecule has 36 heavy (non-hydrogen) atoms. The zero-order valence-electron chi connectivity index (χ0n) is 21.5. The van der Waals surface area contributed by atoms with E-state index in [9.17, 15) is 4.79 Å². The first-order valence-electron chi connectivity index (χ1n) is 12.8. The third-order valence-electron chi connectivity index (χ3n) is 7.44. The minimum absolute atomic E-state index is 0.117. The molecule has 2 aromatic carbocycles. The van der Waals surface area contributed by atoms with Crippen LogP contribution in [0.25, 0.3) is 10.9 Å². The Balaban J connectivity index is 1.53. The maximum absolute atomic E-state index is 14.0. The summed E-state index contributed by atoms with van der Waals surface area (Å²) in [6.45, 7) is 12.1. The van der Waals surface area contributed by atoms with Crippen LogP contribution in [0.2, 0.25) is 0 Å². The van der Waals surface area contributed by atoms with Crippen LogP contribution in [0.5, 0.6) is 5.75 Å². The molecule has 1 amide bonds. The number of H-pyrrole nitrogens is 1. The van der Waals surface area contributed by atoms with Gasteiger partial charge in [-0.1, -0.05) is 36.9 Å². The first kappa shape index (κ1) is 24.4. The van der Waals surface area contributed by atoms with Crippen LogP contribution >= 0.6 is 0 Å². The molecule has 1 fully saturated rings. The molecule has 0 radical (unpaired) electrons. The quantitative estimate of drug-likeness (QED) is 0.419. The van der Waals surface area contributed by atoms with Crippen LogP contribution < -0.4 is 10.1 Å². The van der Waals surface area contributed by atoms with E-state index in [1.807, 2.05) is 24.0 Å². The van der Waals surface area contributed by atoms with Crippen molar-refractivity contribution in [3.8, 4) is 5.75 Å². The smallest absolute Gasteiger partial charge is 0.254 e. The minimum atomic E-state index is -0.717. The number of nitrogens with one attached hydrogen (secondary N) is 2. The molecule has 5 rings (SSSR count). The van der Waals surface area contributed by atoms with Crippen molar-refractivity contribution in [3.63, 3.8) is 0 Å². The number of fused-ring (bicyclic) bond motifs is 4. The maximum Gasteiger partial charge on any atom is 0.254 e. The number of ether oxygens (including phenoxy) is 2. The average Bonchev–Trinajstić information content (AvgIpc) is 3.32. The second kappa shape index (κ2) is 9.99. The molecule has 7 nitrogen and oxygen atoms in total. The van der Waals surface area contributed by atoms with Gasteiger partial charge in [-0.2, -0.15) is 0 Å². The second-order valence-electron chi connectivity index (χ2n) is 9.76. The van der Waals surface area contributed by atoms with E-state index < -0.39 is 5.54 Å². The van der Waals surface area contributed by atoms with Crippen LogP contribution in [-0.2, 0) is 16.0 Å². The number of carbonyl (C=O) groups excluding carboxylic acids is 1. The number of hydrogen-bond donors (Lipinski definition) is 2. The van der Waals surface area contributed by atoms with E-state index in [1.165, 1.54) is 5.56 Å². The fourth-order valence-corrected chi connectivity index (χ4v) is 5.76. The van der Waals surface area contributed by atoms with Gasteiger partial charge in [-0.3, -0.25) is 9.69 Å². The van der Waals surface area contributed by atoms with Crippen molar-refractivity contribution in [2.45, 2.75) is 38.3 Å². The highest BCUT2D eigenvalue weighted by molar-refractivity contribution is 5.94. The minimum Gasteiger partial charge on any atom is -0.494 e. The van der Waals surface area contributed by atoms with Gasteiger partial charge in [0.25, 0.3) is 5.91 Å². The Labute approximate surface area is 213 Å². The van der Waals surface area contributed by atoms with E-state index in [4.69, 9.17) is 9.47 Å². The highest BCUT2D eigenvalue weighted by Crippen LogP contribution is 2.51. The molecule has 7 heteroatoms. The standard InChI is InChI=1S/C29H36N4O3/c1-5-36-22-12-13-25-23(18-22)24-19-29(3)28(34)32(16-9-14-30-15-17-35-4)20(2)33(29)27(26(24)31-25)21-10-7-6-8-11-21/h6-8,10-13,18,27,30-31H,2,5,9,14-17,19H2,1,3-4H3/t27-,29+/m1/s1. The molecule has 2 atom stereocenters. The van der Waals surface area contributed by atoms with Gasteiger partial charge in [-0.15, -0.1) is 0 Å². The largest absolute Gasteiger partial charge is 0.494 e. The normalized spacial score (nSPS) is 21.2. The van der Waals surface area contributed by atoms with E-state index in [2.05, 4.69) is 65.1 Å². The molecule has 2 aliphatic heterocycles. The van der Waals surface area contributed by atoms with Gasteiger partial charge >= 0.3 is 0 Å². The van der Waals surface area contributed by atoms with Crippen molar-refractivity contribution < 1.29 is 14.3 Å². The Morgan fingerprint density at radius 3 is 2.75 bits per heavy atom. The summed E-state index contributed by atoms with van der Waals surface area (Å²) in [6, 6.07) is 16.5. The third-order valence-corrected chi connectivity index (χ3v) is 7.44. The number of aromatic amines is 1. The molecule has 0 bridgehead atoms. The van der Waals surface area contributed by atoms with Crippen LogP contribution in [0.3, 0.4) is 0 Å². The molecule has 0 saturated carbocycles. The number of nitrogens with zero attached hydrogens (tertiary/aromatic N) is 2. The van der Waals surface area contributed by atoms with Crippen molar-refractivity contribution in [3.05, 3.63) is 77.8 Å². The van der Waals surface area contributed by atoms with E-state index in [0.29, 0.717) is 26.2 Å². The van der Waals surface area contributed by atoms with Crippen LogP contribution in [0.4, 0.5) is 0 Å². The number of methoxy groups -OCH3 is 1. The first-order valence-corrected chi connectivity index (χ1v) is 12.8. The van der Waals surface area contributed by atoms with Gasteiger partial charge in [0.1, 0.15) is 17.1 Å². The molecule has 0 unspecified atom stereocenters. The molecule has 3 aromatic rings. The van der Waals surface area contributed by atoms with Crippen LogP contribution in [0, 0.1) is 0 Å². The Kier molecular flexibility index (Phi) is 6.77. The predicted octanol–water partition coefficient (Wildman–Crippen LogP) is 4.21.